The molecule has 0 amide bonds. The van der Waals surface area contributed by atoms with Crippen molar-refractivity contribution in [1.82, 2.24) is 0 Å². The van der Waals surface area contributed by atoms with Crippen molar-refractivity contribution in [2.24, 2.45) is 0 Å². The molecule has 0 aliphatic heterocycles. The fourth-order valence-corrected chi connectivity index (χ4v) is 1.90. The quantitative estimate of drug-likeness (QED) is 0.858. The summed E-state index contributed by atoms with van der Waals surface area (Å²) in [6, 6.07) is 9.77. The molecule has 2 rings (SSSR count). The summed E-state index contributed by atoms with van der Waals surface area (Å²) in [5, 5.41) is 12.7. The lowest BCUT2D eigenvalue weighted by atomic mass is 10.3. The van der Waals surface area contributed by atoms with E-state index in [0.29, 0.717) is 5.75 Å². The van der Waals surface area contributed by atoms with Crippen LogP contribution in [0.4, 0.5) is 14.5 Å². The Balaban J connectivity index is 1.82. The van der Waals surface area contributed by atoms with Crippen LogP contribution in [0.2, 0.25) is 5.02 Å². The minimum Gasteiger partial charge on any atom is -0.491 e. The smallest absolute Gasteiger partial charge is 0.147 e. The molecular formula is C15H14ClF2NO2. The van der Waals surface area contributed by atoms with Gasteiger partial charge in [-0.25, -0.2) is 8.78 Å². The van der Waals surface area contributed by atoms with Gasteiger partial charge in [0, 0.05) is 6.54 Å². The summed E-state index contributed by atoms with van der Waals surface area (Å²) < 4.78 is 31.5. The number of benzene rings is 2. The molecule has 0 aliphatic carbocycles. The van der Waals surface area contributed by atoms with E-state index < -0.39 is 11.9 Å². The summed E-state index contributed by atoms with van der Waals surface area (Å²) in [6.45, 7) is 0.0621. The fourth-order valence-electron chi connectivity index (χ4n) is 1.67. The average Bonchev–Trinajstić information content (AvgIpc) is 2.46. The highest BCUT2D eigenvalue weighted by Crippen LogP contribution is 2.24. The van der Waals surface area contributed by atoms with E-state index >= 15 is 0 Å². The van der Waals surface area contributed by atoms with Crippen LogP contribution in [0.25, 0.3) is 0 Å². The lowest BCUT2D eigenvalue weighted by Crippen LogP contribution is -2.26. The van der Waals surface area contributed by atoms with Gasteiger partial charge in [0.2, 0.25) is 0 Å². The topological polar surface area (TPSA) is 41.5 Å². The molecule has 0 heterocycles. The zero-order valence-corrected chi connectivity index (χ0v) is 11.8. The molecule has 1 unspecified atom stereocenters. The Kier molecular flexibility index (Phi) is 5.36. The summed E-state index contributed by atoms with van der Waals surface area (Å²) in [5.41, 5.74) is 0.139. The van der Waals surface area contributed by atoms with Crippen LogP contribution in [0.1, 0.15) is 0 Å². The molecule has 2 aromatic carbocycles. The van der Waals surface area contributed by atoms with E-state index in [1.165, 1.54) is 36.4 Å². The molecule has 0 radical (unpaired) electrons. The largest absolute Gasteiger partial charge is 0.491 e. The van der Waals surface area contributed by atoms with Gasteiger partial charge in [-0.15, -0.1) is 0 Å². The molecule has 0 bridgehead atoms. The molecule has 6 heteroatoms. The van der Waals surface area contributed by atoms with Crippen molar-refractivity contribution in [2.45, 2.75) is 6.10 Å². The molecule has 0 fully saturated rings. The zero-order chi connectivity index (χ0) is 15.2. The molecule has 0 saturated heterocycles. The second-order valence-corrected chi connectivity index (χ2v) is 4.80. The number of hydrogen-bond donors (Lipinski definition) is 2. The Hall–Kier alpha value is -1.85. The summed E-state index contributed by atoms with van der Waals surface area (Å²) in [4.78, 5) is 0. The van der Waals surface area contributed by atoms with Crippen LogP contribution in [0.3, 0.4) is 0 Å². The number of aliphatic hydroxyl groups excluding tert-OH is 1. The lowest BCUT2D eigenvalue weighted by molar-refractivity contribution is 0.117. The van der Waals surface area contributed by atoms with E-state index in [1.54, 1.807) is 6.07 Å². The molecule has 2 N–H and O–H groups in total. The van der Waals surface area contributed by atoms with Crippen molar-refractivity contribution < 1.29 is 18.6 Å². The van der Waals surface area contributed by atoms with Gasteiger partial charge >= 0.3 is 0 Å². The number of ether oxygens (including phenoxy) is 1. The third-order valence-corrected chi connectivity index (χ3v) is 3.05. The minimum absolute atomic E-state index is 0.00922. The van der Waals surface area contributed by atoms with Gasteiger partial charge in [-0.3, -0.25) is 0 Å². The average molecular weight is 314 g/mol. The van der Waals surface area contributed by atoms with E-state index in [2.05, 4.69) is 5.32 Å². The third-order valence-electron chi connectivity index (χ3n) is 2.73. The van der Waals surface area contributed by atoms with Crippen molar-refractivity contribution >= 4 is 17.3 Å². The van der Waals surface area contributed by atoms with Crippen LogP contribution < -0.4 is 10.1 Å². The first-order valence-electron chi connectivity index (χ1n) is 6.30. The van der Waals surface area contributed by atoms with Gasteiger partial charge in [0.05, 0.1) is 10.7 Å². The Morgan fingerprint density at radius 1 is 1.14 bits per heavy atom. The second-order valence-electron chi connectivity index (χ2n) is 4.40. The van der Waals surface area contributed by atoms with Gasteiger partial charge in [0.15, 0.2) is 0 Å². The predicted octanol–water partition coefficient (Wildman–Crippen LogP) is 3.47. The van der Waals surface area contributed by atoms with Crippen molar-refractivity contribution in [1.29, 1.82) is 0 Å². The normalized spacial score (nSPS) is 12.0. The molecule has 2 aromatic rings. The number of nitrogens with one attached hydrogen (secondary N) is 1. The van der Waals surface area contributed by atoms with E-state index in [1.807, 2.05) is 0 Å². The van der Waals surface area contributed by atoms with Crippen LogP contribution >= 0.6 is 11.6 Å². The van der Waals surface area contributed by atoms with Crippen LogP contribution in [0, 0.1) is 11.6 Å². The molecule has 0 aliphatic rings. The van der Waals surface area contributed by atoms with Crippen molar-refractivity contribution in [3.63, 3.8) is 0 Å². The Labute approximate surface area is 126 Å². The van der Waals surface area contributed by atoms with E-state index in [-0.39, 0.29) is 29.7 Å². The van der Waals surface area contributed by atoms with E-state index in [4.69, 9.17) is 16.3 Å². The van der Waals surface area contributed by atoms with Gasteiger partial charge in [-0.1, -0.05) is 17.7 Å². The Morgan fingerprint density at radius 3 is 2.52 bits per heavy atom. The zero-order valence-electron chi connectivity index (χ0n) is 11.0. The molecule has 1 atom stereocenters. The highest BCUT2D eigenvalue weighted by molar-refractivity contribution is 6.33. The first-order valence-corrected chi connectivity index (χ1v) is 6.68. The van der Waals surface area contributed by atoms with Gasteiger partial charge < -0.3 is 15.2 Å². The SMILES string of the molecule is OC(CNc1c(F)cccc1Cl)COc1ccc(F)cc1. The van der Waals surface area contributed by atoms with Crippen molar-refractivity contribution in [3.8, 4) is 5.75 Å². The second kappa shape index (κ2) is 7.24. The maximum absolute atomic E-state index is 13.5. The van der Waals surface area contributed by atoms with E-state index in [0.717, 1.165) is 0 Å². The van der Waals surface area contributed by atoms with Crippen LogP contribution in [-0.2, 0) is 0 Å². The van der Waals surface area contributed by atoms with Crippen LogP contribution in [0.5, 0.6) is 5.75 Å². The van der Waals surface area contributed by atoms with Crippen LogP contribution in [-0.4, -0.2) is 24.4 Å². The maximum atomic E-state index is 13.5. The molecule has 0 spiro atoms. The number of halogens is 3. The maximum Gasteiger partial charge on any atom is 0.147 e. The van der Waals surface area contributed by atoms with Gasteiger partial charge in [-0.05, 0) is 36.4 Å². The van der Waals surface area contributed by atoms with Gasteiger partial charge in [0.1, 0.15) is 30.1 Å². The summed E-state index contributed by atoms with van der Waals surface area (Å²) in [6.07, 6.45) is -0.870. The van der Waals surface area contributed by atoms with Crippen molar-refractivity contribution in [3.05, 3.63) is 59.1 Å². The number of para-hydroxylation sites is 1. The highest BCUT2D eigenvalue weighted by atomic mass is 35.5. The first kappa shape index (κ1) is 15.5. The standard InChI is InChI=1S/C15H14ClF2NO2/c16-13-2-1-3-14(18)15(13)19-8-11(20)9-21-12-6-4-10(17)5-7-12/h1-7,11,19-20H,8-9H2. The predicted molar refractivity (Wildman–Crippen MR) is 77.8 cm³/mol. The lowest BCUT2D eigenvalue weighted by Gasteiger charge is -2.15. The molecular weight excluding hydrogens is 300 g/mol. The number of anilines is 1. The molecule has 0 saturated carbocycles. The molecule has 3 nitrogen and oxygen atoms in total. The monoisotopic (exact) mass is 313 g/mol. The van der Waals surface area contributed by atoms with Gasteiger partial charge in [-0.2, -0.15) is 0 Å². The molecule has 0 aromatic heterocycles. The number of aliphatic hydroxyl groups is 1. The summed E-state index contributed by atoms with van der Waals surface area (Å²) >= 11 is 5.85. The molecule has 21 heavy (non-hydrogen) atoms. The summed E-state index contributed by atoms with van der Waals surface area (Å²) in [5.74, 6) is -0.410. The number of hydrogen-bond acceptors (Lipinski definition) is 3. The highest BCUT2D eigenvalue weighted by Gasteiger charge is 2.10. The van der Waals surface area contributed by atoms with Gasteiger partial charge in [0.25, 0.3) is 0 Å². The third kappa shape index (κ3) is 4.58. The Bertz CT molecular complexity index is 572. The minimum atomic E-state index is -0.870. The van der Waals surface area contributed by atoms with E-state index in [9.17, 15) is 13.9 Å². The fraction of sp³-hybridized carbons (Fsp3) is 0.200. The summed E-state index contributed by atoms with van der Waals surface area (Å²) in [7, 11) is 0. The van der Waals surface area contributed by atoms with Crippen molar-refractivity contribution in [2.75, 3.05) is 18.5 Å². The first-order chi connectivity index (χ1) is 10.1. The number of rotatable bonds is 6. The molecule has 112 valence electrons. The Morgan fingerprint density at radius 2 is 1.86 bits per heavy atom. The van der Waals surface area contributed by atoms with Crippen LogP contribution in [0.15, 0.2) is 42.5 Å².